The van der Waals surface area contributed by atoms with E-state index in [2.05, 4.69) is 0 Å². The topological polar surface area (TPSA) is 65.1 Å². The van der Waals surface area contributed by atoms with Gasteiger partial charge in [-0.1, -0.05) is 29.3 Å². The molecule has 1 aliphatic rings. The zero-order valence-electron chi connectivity index (χ0n) is 13.7. The summed E-state index contributed by atoms with van der Waals surface area (Å²) in [6, 6.07) is 3.04. The molecular weight excluding hydrogens is 369 g/mol. The molecule has 0 radical (unpaired) electrons. The number of hydrogen-bond donors (Lipinski definition) is 0. The summed E-state index contributed by atoms with van der Waals surface area (Å²) in [6.45, 7) is 0. The third-order valence-electron chi connectivity index (χ3n) is 3.37. The second-order valence-electron chi connectivity index (χ2n) is 4.75. The predicted molar refractivity (Wildman–Crippen MR) is 94.8 cm³/mol. The lowest BCUT2D eigenvalue weighted by Gasteiger charge is -2.24. The first-order valence-corrected chi connectivity index (χ1v) is 7.78. The average molecular weight is 384 g/mol. The fourth-order valence-electron chi connectivity index (χ4n) is 2.21. The summed E-state index contributed by atoms with van der Waals surface area (Å²) in [7, 11) is 3.89. The monoisotopic (exact) mass is 383 g/mol. The second-order valence-corrected chi connectivity index (χ2v) is 5.57. The predicted octanol–water partition coefficient (Wildman–Crippen LogP) is 3.49. The molecule has 0 saturated carbocycles. The second kappa shape index (κ2) is 8.09. The quantitative estimate of drug-likeness (QED) is 0.741. The molecule has 25 heavy (non-hydrogen) atoms. The van der Waals surface area contributed by atoms with Crippen LogP contribution in [0, 0.1) is 0 Å². The number of benzene rings is 1. The van der Waals surface area contributed by atoms with Gasteiger partial charge in [0.2, 0.25) is 0 Å². The standard InChI is InChI=1S/C17H15Cl2NO5/c1-23-14-9-13(11(18)8-12(14)19)20-7-5-4-6-10(16(21)24-2)15(20)17(22)25-3/h4-9H,1-3H3. The van der Waals surface area contributed by atoms with Gasteiger partial charge < -0.3 is 19.1 Å². The van der Waals surface area contributed by atoms with Gasteiger partial charge in [0.05, 0.1) is 42.6 Å². The summed E-state index contributed by atoms with van der Waals surface area (Å²) in [5.74, 6) is -1.07. The molecule has 1 aromatic carbocycles. The lowest BCUT2D eigenvalue weighted by atomic mass is 10.1. The molecule has 0 aromatic heterocycles. The normalized spacial score (nSPS) is 13.6. The van der Waals surface area contributed by atoms with Gasteiger partial charge in [-0.2, -0.15) is 0 Å². The first-order chi connectivity index (χ1) is 11.9. The van der Waals surface area contributed by atoms with Crippen LogP contribution in [0.4, 0.5) is 5.69 Å². The van der Waals surface area contributed by atoms with Crippen molar-refractivity contribution in [3.63, 3.8) is 0 Å². The number of carbonyl (C=O) groups is 2. The molecule has 1 aliphatic heterocycles. The molecule has 0 aliphatic carbocycles. The van der Waals surface area contributed by atoms with Gasteiger partial charge in [0.15, 0.2) is 0 Å². The van der Waals surface area contributed by atoms with Crippen molar-refractivity contribution in [2.45, 2.75) is 0 Å². The first kappa shape index (κ1) is 18.9. The van der Waals surface area contributed by atoms with Gasteiger partial charge in [0, 0.05) is 12.3 Å². The van der Waals surface area contributed by atoms with Crippen LogP contribution in [0.25, 0.3) is 0 Å². The number of halogens is 2. The van der Waals surface area contributed by atoms with E-state index in [1.54, 1.807) is 24.4 Å². The molecule has 1 heterocycles. The van der Waals surface area contributed by atoms with E-state index in [0.29, 0.717) is 16.5 Å². The molecule has 2 rings (SSSR count). The van der Waals surface area contributed by atoms with Crippen molar-refractivity contribution in [1.82, 2.24) is 0 Å². The molecule has 0 fully saturated rings. The van der Waals surface area contributed by atoms with E-state index < -0.39 is 11.9 Å². The number of hydrogen-bond acceptors (Lipinski definition) is 6. The van der Waals surface area contributed by atoms with E-state index in [-0.39, 0.29) is 16.3 Å². The third kappa shape index (κ3) is 3.81. The highest BCUT2D eigenvalue weighted by atomic mass is 35.5. The largest absolute Gasteiger partial charge is 0.495 e. The molecule has 8 heteroatoms. The molecule has 0 atom stereocenters. The summed E-state index contributed by atoms with van der Waals surface area (Å²) < 4.78 is 14.8. The molecule has 0 N–H and O–H groups in total. The number of nitrogens with zero attached hydrogens (tertiary/aromatic N) is 1. The minimum absolute atomic E-state index is 0.0179. The zero-order valence-corrected chi connectivity index (χ0v) is 15.2. The van der Waals surface area contributed by atoms with E-state index in [4.69, 9.17) is 37.4 Å². The van der Waals surface area contributed by atoms with E-state index in [1.807, 2.05) is 0 Å². The smallest absolute Gasteiger partial charge is 0.355 e. The van der Waals surface area contributed by atoms with Gasteiger partial charge in [-0.3, -0.25) is 0 Å². The molecule has 0 amide bonds. The average Bonchev–Trinajstić information content (AvgIpc) is 2.83. The van der Waals surface area contributed by atoms with Crippen molar-refractivity contribution in [2.75, 3.05) is 26.2 Å². The van der Waals surface area contributed by atoms with Crippen molar-refractivity contribution in [3.05, 3.63) is 57.9 Å². The Kier molecular flexibility index (Phi) is 6.12. The van der Waals surface area contributed by atoms with Crippen LogP contribution in [-0.2, 0) is 19.1 Å². The molecular formula is C17H15Cl2NO5. The van der Waals surface area contributed by atoms with E-state index in [9.17, 15) is 9.59 Å². The Balaban J connectivity index is 2.73. The van der Waals surface area contributed by atoms with Crippen LogP contribution in [-0.4, -0.2) is 33.3 Å². The molecule has 0 saturated heterocycles. The lowest BCUT2D eigenvalue weighted by molar-refractivity contribution is -0.139. The van der Waals surface area contributed by atoms with Gasteiger partial charge in [-0.25, -0.2) is 9.59 Å². The van der Waals surface area contributed by atoms with Crippen molar-refractivity contribution in [2.24, 2.45) is 0 Å². The Morgan fingerprint density at radius 1 is 0.960 bits per heavy atom. The Hall–Kier alpha value is -2.44. The molecule has 1 aromatic rings. The van der Waals surface area contributed by atoms with Gasteiger partial charge >= 0.3 is 11.9 Å². The van der Waals surface area contributed by atoms with Gasteiger partial charge in [-0.15, -0.1) is 0 Å². The fraction of sp³-hybridized carbons (Fsp3) is 0.176. The number of rotatable bonds is 4. The number of esters is 2. The van der Waals surface area contributed by atoms with Crippen LogP contribution in [0.2, 0.25) is 10.0 Å². The van der Waals surface area contributed by atoms with Gasteiger partial charge in [-0.05, 0) is 18.2 Å². The van der Waals surface area contributed by atoms with Crippen LogP contribution in [0.15, 0.2) is 47.8 Å². The summed E-state index contributed by atoms with van der Waals surface area (Å²) in [6.07, 6.45) is 6.25. The Bertz CT molecular complexity index is 798. The maximum absolute atomic E-state index is 12.4. The maximum Gasteiger partial charge on any atom is 0.355 e. The highest BCUT2D eigenvalue weighted by molar-refractivity contribution is 6.37. The Morgan fingerprint density at radius 2 is 1.64 bits per heavy atom. The highest BCUT2D eigenvalue weighted by Crippen LogP contribution is 2.39. The zero-order chi connectivity index (χ0) is 18.6. The van der Waals surface area contributed by atoms with E-state index in [0.717, 1.165) is 0 Å². The van der Waals surface area contributed by atoms with Crippen molar-refractivity contribution in [1.29, 1.82) is 0 Å². The minimum atomic E-state index is -0.735. The molecule has 6 nitrogen and oxygen atoms in total. The van der Waals surface area contributed by atoms with Crippen molar-refractivity contribution in [3.8, 4) is 5.75 Å². The minimum Gasteiger partial charge on any atom is -0.495 e. The number of methoxy groups -OCH3 is 3. The summed E-state index contributed by atoms with van der Waals surface area (Å²) >= 11 is 12.4. The maximum atomic E-state index is 12.4. The van der Waals surface area contributed by atoms with E-state index >= 15 is 0 Å². The molecule has 0 spiro atoms. The van der Waals surface area contributed by atoms with Gasteiger partial charge in [0.1, 0.15) is 11.4 Å². The van der Waals surface area contributed by atoms with Crippen molar-refractivity contribution < 1.29 is 23.8 Å². The van der Waals surface area contributed by atoms with Crippen LogP contribution < -0.4 is 9.64 Å². The summed E-state index contributed by atoms with van der Waals surface area (Å²) in [5.41, 5.74) is 0.347. The SMILES string of the molecule is COC(=O)C1=C(C(=O)OC)N(c2cc(OC)c(Cl)cc2Cl)C=CC=C1. The summed E-state index contributed by atoms with van der Waals surface area (Å²) in [4.78, 5) is 25.9. The lowest BCUT2D eigenvalue weighted by Crippen LogP contribution is -2.27. The van der Waals surface area contributed by atoms with Crippen LogP contribution >= 0.6 is 23.2 Å². The molecule has 132 valence electrons. The number of allylic oxidation sites excluding steroid dienone is 2. The van der Waals surface area contributed by atoms with Crippen LogP contribution in [0.3, 0.4) is 0 Å². The van der Waals surface area contributed by atoms with E-state index in [1.165, 1.54) is 38.4 Å². The van der Waals surface area contributed by atoms with Crippen LogP contribution in [0.5, 0.6) is 5.75 Å². The Labute approximate surface area is 154 Å². The third-order valence-corrected chi connectivity index (χ3v) is 3.97. The number of carbonyl (C=O) groups excluding carboxylic acids is 2. The Morgan fingerprint density at radius 3 is 2.24 bits per heavy atom. The molecule has 0 unspecified atom stereocenters. The highest BCUT2D eigenvalue weighted by Gasteiger charge is 2.29. The number of anilines is 1. The fourth-order valence-corrected chi connectivity index (χ4v) is 2.76. The molecule has 0 bridgehead atoms. The van der Waals surface area contributed by atoms with Gasteiger partial charge in [0.25, 0.3) is 0 Å². The first-order valence-electron chi connectivity index (χ1n) is 7.02. The van der Waals surface area contributed by atoms with Crippen molar-refractivity contribution >= 4 is 40.8 Å². The summed E-state index contributed by atoms with van der Waals surface area (Å²) in [5, 5.41) is 0.563. The van der Waals surface area contributed by atoms with Crippen LogP contribution in [0.1, 0.15) is 0 Å². The number of ether oxygens (including phenoxy) is 3.